The Bertz CT molecular complexity index is 1490. The van der Waals surface area contributed by atoms with Gasteiger partial charge in [-0.1, -0.05) is 0 Å². The first-order valence-electron chi connectivity index (χ1n) is 11.9. The Labute approximate surface area is 219 Å². The lowest BCUT2D eigenvalue weighted by atomic mass is 10.2. The van der Waals surface area contributed by atoms with Crippen molar-refractivity contribution in [1.29, 1.82) is 0 Å². The number of benzene rings is 1. The van der Waals surface area contributed by atoms with Gasteiger partial charge in [0, 0.05) is 23.7 Å². The number of nitrogens with zero attached hydrogens (tertiary/aromatic N) is 5. The van der Waals surface area contributed by atoms with Crippen LogP contribution in [0.3, 0.4) is 0 Å². The van der Waals surface area contributed by atoms with Crippen LogP contribution in [0.25, 0.3) is 10.9 Å². The van der Waals surface area contributed by atoms with E-state index in [2.05, 4.69) is 25.6 Å². The molecule has 3 aromatic heterocycles. The summed E-state index contributed by atoms with van der Waals surface area (Å²) in [5.74, 6) is 0.959. The monoisotopic (exact) mass is 544 g/mol. The molecule has 0 atom stereocenters. The average Bonchev–Trinajstić information content (AvgIpc) is 3.68. The molecule has 4 aromatic rings. The van der Waals surface area contributed by atoms with Crippen LogP contribution >= 0.6 is 0 Å². The number of halogens is 3. The van der Waals surface area contributed by atoms with Crippen LogP contribution < -0.4 is 24.3 Å². The molecular formula is C25H23F3N6O5. The number of anilines is 1. The van der Waals surface area contributed by atoms with E-state index in [-0.39, 0.29) is 29.2 Å². The summed E-state index contributed by atoms with van der Waals surface area (Å²) in [5.41, 5.74) is 0.472. The number of aromatic nitrogens is 5. The molecule has 11 nitrogen and oxygen atoms in total. The molecule has 0 radical (unpaired) electrons. The van der Waals surface area contributed by atoms with Gasteiger partial charge in [-0.3, -0.25) is 14.5 Å². The van der Waals surface area contributed by atoms with E-state index in [1.54, 1.807) is 24.4 Å². The zero-order chi connectivity index (χ0) is 27.6. The zero-order valence-corrected chi connectivity index (χ0v) is 20.9. The Morgan fingerprint density at radius 2 is 1.82 bits per heavy atom. The lowest BCUT2D eigenvalue weighted by molar-refractivity contribution is -0.139. The summed E-state index contributed by atoms with van der Waals surface area (Å²) in [6.45, 7) is -0.631. The normalized spacial score (nSPS) is 13.3. The number of methoxy groups -OCH3 is 2. The van der Waals surface area contributed by atoms with Gasteiger partial charge in [0.15, 0.2) is 28.8 Å². The summed E-state index contributed by atoms with van der Waals surface area (Å²) >= 11 is 0. The molecule has 204 valence electrons. The summed E-state index contributed by atoms with van der Waals surface area (Å²) < 4.78 is 61.0. The third-order valence-corrected chi connectivity index (χ3v) is 5.78. The molecule has 39 heavy (non-hydrogen) atoms. The highest BCUT2D eigenvalue weighted by Crippen LogP contribution is 2.37. The van der Waals surface area contributed by atoms with Crippen LogP contribution in [0.15, 0.2) is 42.7 Å². The lowest BCUT2D eigenvalue weighted by Crippen LogP contribution is -2.17. The average molecular weight is 544 g/mol. The Balaban J connectivity index is 1.29. The number of rotatable bonds is 10. The Morgan fingerprint density at radius 1 is 1.05 bits per heavy atom. The maximum Gasteiger partial charge on any atom is 0.392 e. The molecule has 0 spiro atoms. The van der Waals surface area contributed by atoms with Crippen molar-refractivity contribution >= 4 is 22.6 Å². The third kappa shape index (κ3) is 6.10. The molecule has 0 saturated heterocycles. The number of hydrogen-bond donors (Lipinski definition) is 1. The largest absolute Gasteiger partial charge is 0.493 e. The highest BCUT2D eigenvalue weighted by atomic mass is 19.4. The highest BCUT2D eigenvalue weighted by molar-refractivity contribution is 6.04. The van der Waals surface area contributed by atoms with Gasteiger partial charge in [0.1, 0.15) is 5.75 Å². The second-order valence-corrected chi connectivity index (χ2v) is 8.61. The van der Waals surface area contributed by atoms with Gasteiger partial charge in [0.2, 0.25) is 5.88 Å². The molecular weight excluding hydrogens is 521 g/mol. The van der Waals surface area contributed by atoms with Gasteiger partial charge in [0.25, 0.3) is 5.91 Å². The second kappa shape index (κ2) is 10.6. The molecule has 0 unspecified atom stereocenters. The van der Waals surface area contributed by atoms with Gasteiger partial charge in [0.05, 0.1) is 45.0 Å². The highest BCUT2D eigenvalue weighted by Gasteiger charge is 2.30. The van der Waals surface area contributed by atoms with Crippen molar-refractivity contribution < 1.29 is 36.9 Å². The fourth-order valence-corrected chi connectivity index (χ4v) is 3.71. The molecule has 3 heterocycles. The molecule has 1 fully saturated rings. The second-order valence-electron chi connectivity index (χ2n) is 8.61. The smallest absolute Gasteiger partial charge is 0.392 e. The van der Waals surface area contributed by atoms with Crippen molar-refractivity contribution in [1.82, 2.24) is 25.0 Å². The van der Waals surface area contributed by atoms with Crippen molar-refractivity contribution in [3.63, 3.8) is 0 Å². The molecule has 1 aliphatic rings. The molecule has 1 aliphatic carbocycles. The molecule has 1 saturated carbocycles. The number of pyridine rings is 1. The van der Waals surface area contributed by atoms with Crippen LogP contribution in [-0.2, 0) is 0 Å². The first-order chi connectivity index (χ1) is 18.7. The Morgan fingerprint density at radius 3 is 2.49 bits per heavy atom. The number of carbonyl (C=O) groups excluding carboxylic acids is 1. The van der Waals surface area contributed by atoms with E-state index in [1.807, 2.05) is 0 Å². The van der Waals surface area contributed by atoms with Crippen LogP contribution in [0.2, 0.25) is 0 Å². The topological polar surface area (TPSA) is 123 Å². The van der Waals surface area contributed by atoms with E-state index in [9.17, 15) is 18.0 Å². The van der Waals surface area contributed by atoms with Crippen molar-refractivity contribution in [2.24, 2.45) is 0 Å². The third-order valence-electron chi connectivity index (χ3n) is 5.78. The summed E-state index contributed by atoms with van der Waals surface area (Å²) in [7, 11) is 3.05. The predicted molar refractivity (Wildman–Crippen MR) is 132 cm³/mol. The van der Waals surface area contributed by atoms with Gasteiger partial charge in [-0.2, -0.15) is 18.3 Å². The maximum absolute atomic E-state index is 12.9. The van der Waals surface area contributed by atoms with E-state index in [0.29, 0.717) is 28.2 Å². The number of ether oxygens (including phenoxy) is 4. The van der Waals surface area contributed by atoms with Crippen molar-refractivity contribution in [2.75, 3.05) is 26.1 Å². The Hall–Kier alpha value is -4.62. The van der Waals surface area contributed by atoms with Crippen molar-refractivity contribution in [3.8, 4) is 28.9 Å². The number of hydrogen-bond acceptors (Lipinski definition) is 9. The standard InChI is InChI=1S/C25H23F3N6O5/c1-36-18-11-15-16(12-19(18)37-2)29-9-7-17(15)39-22-6-5-21(31-32-22)30-24(35)23-20(38-10-8-25(26,27)28)13-34(33-23)14-3-4-14/h5-7,9,11-14H,3-4,8,10H2,1-2H3,(H,30,31,35). The number of fused-ring (bicyclic) bond motifs is 1. The van der Waals surface area contributed by atoms with Crippen molar-refractivity contribution in [2.45, 2.75) is 31.5 Å². The summed E-state index contributed by atoms with van der Waals surface area (Å²) in [6, 6.07) is 8.17. The van der Waals surface area contributed by atoms with E-state index in [1.165, 1.54) is 37.2 Å². The number of amides is 1. The minimum absolute atomic E-state index is 0.0341. The molecule has 5 rings (SSSR count). The number of alkyl halides is 3. The van der Waals surface area contributed by atoms with E-state index in [0.717, 1.165) is 12.8 Å². The number of carbonyl (C=O) groups is 1. The minimum Gasteiger partial charge on any atom is -0.493 e. The fraction of sp³-hybridized carbons (Fsp3) is 0.320. The van der Waals surface area contributed by atoms with E-state index in [4.69, 9.17) is 18.9 Å². The Kier molecular flexibility index (Phi) is 7.09. The van der Waals surface area contributed by atoms with Crippen LogP contribution in [-0.4, -0.2) is 57.9 Å². The number of nitrogens with one attached hydrogen (secondary N) is 1. The SMILES string of the molecule is COc1cc2nccc(Oc3ccc(NC(=O)c4nn(C5CC5)cc4OCCC(F)(F)F)nn3)c2cc1OC. The first kappa shape index (κ1) is 26.0. The van der Waals surface area contributed by atoms with E-state index < -0.39 is 25.1 Å². The quantitative estimate of drug-likeness (QED) is 0.295. The zero-order valence-electron chi connectivity index (χ0n) is 20.9. The molecule has 1 amide bonds. The maximum atomic E-state index is 12.9. The lowest BCUT2D eigenvalue weighted by Gasteiger charge is -2.12. The minimum atomic E-state index is -4.38. The summed E-state index contributed by atoms with van der Waals surface area (Å²) in [5, 5.41) is 15.4. The van der Waals surface area contributed by atoms with Gasteiger partial charge in [-0.05, 0) is 31.0 Å². The molecule has 1 aromatic carbocycles. The van der Waals surface area contributed by atoms with Crippen LogP contribution in [0.5, 0.6) is 28.9 Å². The van der Waals surface area contributed by atoms with Gasteiger partial charge in [-0.15, -0.1) is 10.2 Å². The molecule has 1 N–H and O–H groups in total. The first-order valence-corrected chi connectivity index (χ1v) is 11.9. The van der Waals surface area contributed by atoms with E-state index >= 15 is 0 Å². The summed E-state index contributed by atoms with van der Waals surface area (Å²) in [6.07, 6.45) is -0.788. The molecule has 14 heteroatoms. The summed E-state index contributed by atoms with van der Waals surface area (Å²) in [4.78, 5) is 17.2. The van der Waals surface area contributed by atoms with Gasteiger partial charge in [-0.25, -0.2) is 0 Å². The van der Waals surface area contributed by atoms with Gasteiger partial charge >= 0.3 is 6.18 Å². The van der Waals surface area contributed by atoms with Crippen LogP contribution in [0, 0.1) is 0 Å². The van der Waals surface area contributed by atoms with Gasteiger partial charge < -0.3 is 24.3 Å². The van der Waals surface area contributed by atoms with Crippen LogP contribution in [0.1, 0.15) is 35.8 Å². The molecule has 0 aliphatic heterocycles. The van der Waals surface area contributed by atoms with Crippen molar-refractivity contribution in [3.05, 3.63) is 48.4 Å². The predicted octanol–water partition coefficient (Wildman–Crippen LogP) is 4.95. The van der Waals surface area contributed by atoms with Crippen LogP contribution in [0.4, 0.5) is 19.0 Å². The fourth-order valence-electron chi connectivity index (χ4n) is 3.71. The molecule has 0 bridgehead atoms.